The zero-order chi connectivity index (χ0) is 47.1. The molecule has 6 amide bonds. The standard InChI is InChI=1S/C21H31N3O8.C21H33N3O7/c1-21(2,3)32-19(28)23-10-12-30-11-9-22-18(27)16(13-17(25)26)24-20(29)31-14-15-7-5-4-6-8-15;1-21(2,3)31-19(27)23-11-14-29-13-10-22-18(26)17(9-12-25)24-20(28)30-15-16-7-5-4-6-8-16/h4-8,16H,9-14H2,1-3H3,(H,22,27)(H,23,28)(H,24,29)(H,25,26);4-8,17,25H,9-15H2,1-3H3,(H,22,26)(H,23,27)(H,24,28)/t16-;17-/m00/s1. The minimum Gasteiger partial charge on any atom is -0.481 e. The number of carboxylic acid groups (broad SMARTS) is 1. The fraction of sp³-hybridized carbons (Fsp3) is 0.548. The van der Waals surface area contributed by atoms with Crippen LogP contribution in [0.1, 0.15) is 65.5 Å². The third-order valence-corrected chi connectivity index (χ3v) is 7.36. The monoisotopic (exact) mass is 892 g/mol. The number of benzene rings is 2. The Morgan fingerprint density at radius 3 is 1.27 bits per heavy atom. The van der Waals surface area contributed by atoms with Crippen LogP contribution in [0.5, 0.6) is 0 Å². The number of aliphatic carboxylic acids is 1. The number of hydrogen-bond acceptors (Lipinski definition) is 14. The molecule has 0 aromatic heterocycles. The molecule has 0 saturated carbocycles. The first-order chi connectivity index (χ1) is 29.8. The fourth-order valence-electron chi connectivity index (χ4n) is 4.62. The predicted octanol–water partition coefficient (Wildman–Crippen LogP) is 2.73. The third kappa shape index (κ3) is 30.5. The van der Waals surface area contributed by atoms with Crippen molar-refractivity contribution < 1.29 is 72.2 Å². The van der Waals surface area contributed by atoms with Crippen LogP contribution in [0.15, 0.2) is 60.7 Å². The second-order valence-corrected chi connectivity index (χ2v) is 15.3. The van der Waals surface area contributed by atoms with Crippen LogP contribution >= 0.6 is 0 Å². The molecule has 0 saturated heterocycles. The number of alkyl carbamates (subject to hydrolysis) is 4. The average Bonchev–Trinajstić information content (AvgIpc) is 3.20. The van der Waals surface area contributed by atoms with Gasteiger partial charge in [-0.1, -0.05) is 60.7 Å². The van der Waals surface area contributed by atoms with Gasteiger partial charge in [0.05, 0.1) is 32.8 Å². The molecule has 2 aromatic carbocycles. The number of nitrogens with one attached hydrogen (secondary N) is 6. The van der Waals surface area contributed by atoms with Crippen LogP contribution in [0.4, 0.5) is 19.2 Å². The highest BCUT2D eigenvalue weighted by molar-refractivity contribution is 5.89. The lowest BCUT2D eigenvalue weighted by molar-refractivity contribution is -0.139. The second kappa shape index (κ2) is 30.8. The number of aliphatic hydroxyl groups is 1. The van der Waals surface area contributed by atoms with Crippen molar-refractivity contribution in [3.63, 3.8) is 0 Å². The van der Waals surface area contributed by atoms with E-state index in [-0.39, 0.29) is 78.8 Å². The summed E-state index contributed by atoms with van der Waals surface area (Å²) in [6.07, 6.45) is -3.29. The first-order valence-electron chi connectivity index (χ1n) is 20.2. The van der Waals surface area contributed by atoms with Gasteiger partial charge in [0.25, 0.3) is 0 Å². The summed E-state index contributed by atoms with van der Waals surface area (Å²) in [5.41, 5.74) is 0.408. The Hall–Kier alpha value is -6.19. The Labute approximate surface area is 367 Å². The van der Waals surface area contributed by atoms with Gasteiger partial charge in [-0.3, -0.25) is 14.4 Å². The number of hydrogen-bond donors (Lipinski definition) is 8. The highest BCUT2D eigenvalue weighted by Crippen LogP contribution is 2.07. The fourth-order valence-corrected chi connectivity index (χ4v) is 4.62. The first-order valence-corrected chi connectivity index (χ1v) is 20.2. The molecular weight excluding hydrogens is 828 g/mol. The largest absolute Gasteiger partial charge is 0.481 e. The van der Waals surface area contributed by atoms with Crippen LogP contribution in [0, 0.1) is 0 Å². The number of carbonyl (C=O) groups is 7. The second-order valence-electron chi connectivity index (χ2n) is 15.3. The van der Waals surface area contributed by atoms with Gasteiger partial charge in [-0.05, 0) is 59.1 Å². The summed E-state index contributed by atoms with van der Waals surface area (Å²) in [6, 6.07) is 15.8. The molecule has 0 spiro atoms. The van der Waals surface area contributed by atoms with Crippen molar-refractivity contribution in [2.24, 2.45) is 0 Å². The lowest BCUT2D eigenvalue weighted by Gasteiger charge is -2.19. The van der Waals surface area contributed by atoms with Gasteiger partial charge < -0.3 is 70.5 Å². The summed E-state index contributed by atoms with van der Waals surface area (Å²) in [5.74, 6) is -2.39. The van der Waals surface area contributed by atoms with Crippen LogP contribution in [0.2, 0.25) is 0 Å². The van der Waals surface area contributed by atoms with Gasteiger partial charge in [-0.25, -0.2) is 19.2 Å². The van der Waals surface area contributed by atoms with E-state index in [1.54, 1.807) is 65.8 Å². The molecule has 352 valence electrons. The topological polar surface area (TPSA) is 288 Å². The molecule has 2 rings (SSSR count). The quantitative estimate of drug-likeness (QED) is 0.0556. The number of aliphatic hydroxyl groups excluding tert-OH is 1. The minimum absolute atomic E-state index is 0.0146. The summed E-state index contributed by atoms with van der Waals surface area (Å²) in [6.45, 7) is 11.9. The van der Waals surface area contributed by atoms with E-state index in [4.69, 9.17) is 38.6 Å². The zero-order valence-electron chi connectivity index (χ0n) is 36.8. The molecule has 0 aliphatic carbocycles. The SMILES string of the molecule is CC(C)(C)OC(=O)NCCOCCNC(=O)[C@H](CC(=O)O)NC(=O)OCc1ccccc1.CC(C)(C)OC(=O)NCCOCCNC(=O)[C@H](CCO)NC(=O)OCc1ccccc1. The van der Waals surface area contributed by atoms with Crippen molar-refractivity contribution in [3.8, 4) is 0 Å². The highest BCUT2D eigenvalue weighted by atomic mass is 16.6. The first kappa shape index (κ1) is 54.8. The maximum atomic E-state index is 12.2. The maximum absolute atomic E-state index is 12.2. The van der Waals surface area contributed by atoms with E-state index in [0.29, 0.717) is 0 Å². The number of rotatable bonds is 24. The summed E-state index contributed by atoms with van der Waals surface area (Å²) in [5, 5.41) is 33.0. The smallest absolute Gasteiger partial charge is 0.408 e. The van der Waals surface area contributed by atoms with E-state index in [0.717, 1.165) is 11.1 Å². The molecule has 2 aromatic rings. The normalized spacial score (nSPS) is 11.8. The number of ether oxygens (including phenoxy) is 6. The molecule has 0 aliphatic rings. The van der Waals surface area contributed by atoms with E-state index in [1.807, 2.05) is 36.4 Å². The van der Waals surface area contributed by atoms with Crippen molar-refractivity contribution >= 4 is 42.2 Å². The van der Waals surface area contributed by atoms with Gasteiger partial charge in [0, 0.05) is 32.8 Å². The summed E-state index contributed by atoms with van der Waals surface area (Å²) < 4.78 is 30.9. The lowest BCUT2D eigenvalue weighted by atomic mass is 10.2. The van der Waals surface area contributed by atoms with Crippen molar-refractivity contribution in [1.82, 2.24) is 31.9 Å². The molecule has 0 fully saturated rings. The number of carbonyl (C=O) groups excluding carboxylic acids is 6. The van der Waals surface area contributed by atoms with Gasteiger partial charge in [0.15, 0.2) is 0 Å². The van der Waals surface area contributed by atoms with Crippen LogP contribution < -0.4 is 31.9 Å². The van der Waals surface area contributed by atoms with E-state index in [1.165, 1.54) is 0 Å². The van der Waals surface area contributed by atoms with Crippen molar-refractivity contribution in [1.29, 1.82) is 0 Å². The Morgan fingerprint density at radius 1 is 0.540 bits per heavy atom. The Bertz CT molecular complexity index is 1670. The average molecular weight is 893 g/mol. The molecule has 21 nitrogen and oxygen atoms in total. The van der Waals surface area contributed by atoms with Crippen LogP contribution in [-0.2, 0) is 56.0 Å². The molecule has 21 heteroatoms. The van der Waals surface area contributed by atoms with Gasteiger partial charge >= 0.3 is 30.3 Å². The highest BCUT2D eigenvalue weighted by Gasteiger charge is 2.25. The summed E-state index contributed by atoms with van der Waals surface area (Å²) >= 11 is 0. The summed E-state index contributed by atoms with van der Waals surface area (Å²) in [7, 11) is 0. The number of amides is 6. The zero-order valence-corrected chi connectivity index (χ0v) is 36.8. The molecule has 8 N–H and O–H groups in total. The Balaban J connectivity index is 0.000000630. The van der Waals surface area contributed by atoms with Gasteiger partial charge in [-0.15, -0.1) is 0 Å². The minimum atomic E-state index is -1.30. The summed E-state index contributed by atoms with van der Waals surface area (Å²) in [4.78, 5) is 82.3. The van der Waals surface area contributed by atoms with Crippen molar-refractivity contribution in [2.45, 2.75) is 90.9 Å². The van der Waals surface area contributed by atoms with Crippen LogP contribution in [-0.4, -0.2) is 135 Å². The van der Waals surface area contributed by atoms with Crippen LogP contribution in [0.25, 0.3) is 0 Å². The molecule has 0 radical (unpaired) electrons. The van der Waals surface area contributed by atoms with Crippen molar-refractivity contribution in [3.05, 3.63) is 71.8 Å². The van der Waals surface area contributed by atoms with E-state index in [9.17, 15) is 33.6 Å². The van der Waals surface area contributed by atoms with Gasteiger partial charge in [0.2, 0.25) is 11.8 Å². The molecule has 0 aliphatic heterocycles. The van der Waals surface area contributed by atoms with Gasteiger partial charge in [-0.2, -0.15) is 0 Å². The van der Waals surface area contributed by atoms with E-state index in [2.05, 4.69) is 31.9 Å². The third-order valence-electron chi connectivity index (χ3n) is 7.36. The predicted molar refractivity (Wildman–Crippen MR) is 227 cm³/mol. The van der Waals surface area contributed by atoms with Crippen LogP contribution in [0.3, 0.4) is 0 Å². The molecule has 0 bridgehead atoms. The van der Waals surface area contributed by atoms with E-state index >= 15 is 0 Å². The van der Waals surface area contributed by atoms with Gasteiger partial charge in [0.1, 0.15) is 36.5 Å². The number of carboxylic acids is 1. The maximum Gasteiger partial charge on any atom is 0.408 e. The lowest BCUT2D eigenvalue weighted by Crippen LogP contribution is -2.48. The molecule has 0 unspecified atom stereocenters. The Morgan fingerprint density at radius 2 is 0.905 bits per heavy atom. The Kier molecular flexibility index (Phi) is 26.8. The molecular formula is C42H64N6O15. The molecule has 2 atom stereocenters. The van der Waals surface area contributed by atoms with E-state index < -0.39 is 71.9 Å². The van der Waals surface area contributed by atoms with Crippen molar-refractivity contribution in [2.75, 3.05) is 59.2 Å². The molecule has 0 heterocycles. The molecule has 63 heavy (non-hydrogen) atoms.